The Morgan fingerprint density at radius 2 is 1.90 bits per heavy atom. The highest BCUT2D eigenvalue weighted by Crippen LogP contribution is 2.31. The van der Waals surface area contributed by atoms with Crippen molar-refractivity contribution in [2.45, 2.75) is 57.0 Å². The number of likely N-dealkylation sites (N-methyl/N-ethyl adjacent to an activating group) is 1. The minimum Gasteiger partial charge on any atom is -0.493 e. The molecule has 2 aromatic carbocycles. The van der Waals surface area contributed by atoms with Crippen molar-refractivity contribution in [2.75, 3.05) is 20.2 Å². The van der Waals surface area contributed by atoms with Crippen LogP contribution in [0.25, 0.3) is 0 Å². The van der Waals surface area contributed by atoms with Gasteiger partial charge in [-0.15, -0.1) is 0 Å². The fraction of sp³-hybridized carbons (Fsp3) is 0.500. The molecule has 5 rings (SSSR count). The van der Waals surface area contributed by atoms with Crippen LogP contribution in [0.1, 0.15) is 65.2 Å². The maximum Gasteiger partial charge on any atom is 0.253 e. The maximum absolute atomic E-state index is 13.0. The van der Waals surface area contributed by atoms with E-state index in [1.54, 1.807) is 0 Å². The first kappa shape index (κ1) is 19.6. The summed E-state index contributed by atoms with van der Waals surface area (Å²) in [6.45, 7) is 1.93. The van der Waals surface area contributed by atoms with E-state index in [-0.39, 0.29) is 11.9 Å². The highest BCUT2D eigenvalue weighted by molar-refractivity contribution is 5.94. The summed E-state index contributed by atoms with van der Waals surface area (Å²) in [5.41, 5.74) is 5.04. The zero-order valence-corrected chi connectivity index (χ0v) is 17.9. The highest BCUT2D eigenvalue weighted by Gasteiger charge is 2.27. The van der Waals surface area contributed by atoms with Gasteiger partial charge in [-0.3, -0.25) is 4.79 Å². The Morgan fingerprint density at radius 3 is 2.63 bits per heavy atom. The lowest BCUT2D eigenvalue weighted by atomic mass is 9.85. The van der Waals surface area contributed by atoms with Crippen LogP contribution in [0.5, 0.6) is 5.75 Å². The number of aryl methyl sites for hydroxylation is 1. The molecular formula is C26H32N2O2. The molecule has 1 saturated carbocycles. The Kier molecular flexibility index (Phi) is 5.51. The van der Waals surface area contributed by atoms with Crippen molar-refractivity contribution < 1.29 is 9.53 Å². The Hall–Kier alpha value is -2.33. The molecule has 0 bridgehead atoms. The fourth-order valence-corrected chi connectivity index (χ4v) is 4.83. The van der Waals surface area contributed by atoms with E-state index in [1.807, 2.05) is 36.2 Å². The van der Waals surface area contributed by atoms with E-state index in [0.29, 0.717) is 6.04 Å². The SMILES string of the molecule is CN(C(=O)c1ccc(OCC2CC2)cc1)[C@H]1CCc2cc([C@H]3CCCN3)ccc2C1. The van der Waals surface area contributed by atoms with Crippen molar-refractivity contribution in [1.29, 1.82) is 0 Å². The summed E-state index contributed by atoms with van der Waals surface area (Å²) in [5, 5.41) is 3.60. The van der Waals surface area contributed by atoms with E-state index in [0.717, 1.165) is 49.6 Å². The Bertz CT molecular complexity index is 898. The first-order valence-electron chi connectivity index (χ1n) is 11.5. The van der Waals surface area contributed by atoms with Crippen LogP contribution in [0.3, 0.4) is 0 Å². The molecule has 2 fully saturated rings. The predicted octanol–water partition coefficient (Wildman–Crippen LogP) is 4.53. The molecule has 0 radical (unpaired) electrons. The standard InChI is InChI=1S/C26H32N2O2/c1-28(26(29)19-9-12-24(13-10-19)30-17-18-4-5-18)23-11-8-20-15-22(7-6-21(20)16-23)25-3-2-14-27-25/h6-7,9-10,12-13,15,18,23,25,27H,2-5,8,11,14,16-17H2,1H3/t23-,25+/m0/s1. The third-order valence-electron chi connectivity index (χ3n) is 7.05. The van der Waals surface area contributed by atoms with Gasteiger partial charge in [0.25, 0.3) is 5.91 Å². The molecule has 1 N–H and O–H groups in total. The molecule has 0 spiro atoms. The van der Waals surface area contributed by atoms with Crippen molar-refractivity contribution in [3.63, 3.8) is 0 Å². The third-order valence-corrected chi connectivity index (χ3v) is 7.05. The number of carbonyl (C=O) groups is 1. The Labute approximate surface area is 179 Å². The molecule has 4 heteroatoms. The summed E-state index contributed by atoms with van der Waals surface area (Å²) in [5.74, 6) is 1.70. The smallest absolute Gasteiger partial charge is 0.253 e. The van der Waals surface area contributed by atoms with Crippen molar-refractivity contribution >= 4 is 5.91 Å². The third kappa shape index (κ3) is 4.24. The molecule has 1 saturated heterocycles. The summed E-state index contributed by atoms with van der Waals surface area (Å²) in [6, 6.07) is 15.4. The maximum atomic E-state index is 13.0. The van der Waals surface area contributed by atoms with Gasteiger partial charge in [0.15, 0.2) is 0 Å². The first-order chi connectivity index (χ1) is 14.7. The van der Waals surface area contributed by atoms with E-state index >= 15 is 0 Å². The molecule has 1 heterocycles. The summed E-state index contributed by atoms with van der Waals surface area (Å²) in [6.07, 6.45) is 8.09. The summed E-state index contributed by atoms with van der Waals surface area (Å²) >= 11 is 0. The van der Waals surface area contributed by atoms with E-state index in [2.05, 4.69) is 23.5 Å². The normalized spacial score (nSPS) is 23.1. The van der Waals surface area contributed by atoms with Gasteiger partial charge >= 0.3 is 0 Å². The molecule has 1 amide bonds. The van der Waals surface area contributed by atoms with Gasteiger partial charge in [0.05, 0.1) is 6.61 Å². The fourth-order valence-electron chi connectivity index (χ4n) is 4.83. The monoisotopic (exact) mass is 404 g/mol. The molecule has 30 heavy (non-hydrogen) atoms. The van der Waals surface area contributed by atoms with E-state index < -0.39 is 0 Å². The second kappa shape index (κ2) is 8.43. The molecule has 0 unspecified atom stereocenters. The average Bonchev–Trinajstić information content (AvgIpc) is 3.46. The van der Waals surface area contributed by atoms with Crippen LogP contribution in [-0.4, -0.2) is 37.0 Å². The second-order valence-corrected chi connectivity index (χ2v) is 9.27. The van der Waals surface area contributed by atoms with E-state index in [4.69, 9.17) is 4.74 Å². The van der Waals surface area contributed by atoms with Crippen LogP contribution in [0.15, 0.2) is 42.5 Å². The van der Waals surface area contributed by atoms with Gasteiger partial charge in [-0.05, 0) is 98.4 Å². The molecule has 2 aliphatic carbocycles. The van der Waals surface area contributed by atoms with Crippen LogP contribution < -0.4 is 10.1 Å². The van der Waals surface area contributed by atoms with Gasteiger partial charge < -0.3 is 15.0 Å². The molecule has 2 atom stereocenters. The first-order valence-corrected chi connectivity index (χ1v) is 11.5. The molecular weight excluding hydrogens is 372 g/mol. The number of rotatable bonds is 6. The Balaban J connectivity index is 1.22. The molecule has 2 aromatic rings. The molecule has 3 aliphatic rings. The predicted molar refractivity (Wildman–Crippen MR) is 119 cm³/mol. The Morgan fingerprint density at radius 1 is 1.07 bits per heavy atom. The van der Waals surface area contributed by atoms with Gasteiger partial charge in [0, 0.05) is 24.7 Å². The van der Waals surface area contributed by atoms with Gasteiger partial charge in [0.1, 0.15) is 5.75 Å². The highest BCUT2D eigenvalue weighted by atomic mass is 16.5. The number of hydrogen-bond acceptors (Lipinski definition) is 3. The lowest BCUT2D eigenvalue weighted by Crippen LogP contribution is -2.40. The van der Waals surface area contributed by atoms with E-state index in [9.17, 15) is 4.79 Å². The number of nitrogens with one attached hydrogen (secondary N) is 1. The number of carbonyl (C=O) groups excluding carboxylic acids is 1. The molecule has 0 aromatic heterocycles. The number of benzene rings is 2. The van der Waals surface area contributed by atoms with Crippen LogP contribution >= 0.6 is 0 Å². The lowest BCUT2D eigenvalue weighted by Gasteiger charge is -2.33. The van der Waals surface area contributed by atoms with Crippen molar-refractivity contribution in [3.8, 4) is 5.75 Å². The van der Waals surface area contributed by atoms with Crippen molar-refractivity contribution in [2.24, 2.45) is 5.92 Å². The van der Waals surface area contributed by atoms with Crippen LogP contribution in [0.4, 0.5) is 0 Å². The van der Waals surface area contributed by atoms with Crippen LogP contribution in [0.2, 0.25) is 0 Å². The van der Waals surface area contributed by atoms with Gasteiger partial charge in [-0.2, -0.15) is 0 Å². The summed E-state index contributed by atoms with van der Waals surface area (Å²) in [7, 11) is 1.95. The number of hydrogen-bond donors (Lipinski definition) is 1. The largest absolute Gasteiger partial charge is 0.493 e. The lowest BCUT2D eigenvalue weighted by molar-refractivity contribution is 0.0719. The number of fused-ring (bicyclic) bond motifs is 1. The zero-order valence-electron chi connectivity index (χ0n) is 17.9. The molecule has 158 valence electrons. The zero-order chi connectivity index (χ0) is 20.5. The average molecular weight is 405 g/mol. The van der Waals surface area contributed by atoms with E-state index in [1.165, 1.54) is 42.4 Å². The number of amides is 1. The number of nitrogens with zero attached hydrogens (tertiary/aromatic N) is 1. The second-order valence-electron chi connectivity index (χ2n) is 9.27. The van der Waals surface area contributed by atoms with Gasteiger partial charge in [0.2, 0.25) is 0 Å². The number of ether oxygens (including phenoxy) is 1. The van der Waals surface area contributed by atoms with Crippen LogP contribution in [-0.2, 0) is 12.8 Å². The topological polar surface area (TPSA) is 41.6 Å². The summed E-state index contributed by atoms with van der Waals surface area (Å²) < 4.78 is 5.80. The minimum atomic E-state index is 0.101. The van der Waals surface area contributed by atoms with Gasteiger partial charge in [-0.25, -0.2) is 0 Å². The van der Waals surface area contributed by atoms with Gasteiger partial charge in [-0.1, -0.05) is 18.2 Å². The quantitative estimate of drug-likeness (QED) is 0.769. The summed E-state index contributed by atoms with van der Waals surface area (Å²) in [4.78, 5) is 15.0. The molecule has 1 aliphatic heterocycles. The van der Waals surface area contributed by atoms with Crippen molar-refractivity contribution in [1.82, 2.24) is 10.2 Å². The minimum absolute atomic E-state index is 0.101. The van der Waals surface area contributed by atoms with Crippen molar-refractivity contribution in [3.05, 3.63) is 64.7 Å². The van der Waals surface area contributed by atoms with Crippen LogP contribution in [0, 0.1) is 5.92 Å². The molecule has 4 nitrogen and oxygen atoms in total.